The maximum Gasteiger partial charge on any atom is 0.258 e. The molecule has 1 heterocycles. The molecular weight excluding hydrogens is 240 g/mol. The van der Waals surface area contributed by atoms with E-state index in [-0.39, 0.29) is 0 Å². The van der Waals surface area contributed by atoms with Gasteiger partial charge >= 0.3 is 0 Å². The van der Waals surface area contributed by atoms with Gasteiger partial charge in [-0.05, 0) is 43.4 Å². The van der Waals surface area contributed by atoms with Gasteiger partial charge in [-0.1, -0.05) is 12.1 Å². The molecule has 1 saturated carbocycles. The van der Waals surface area contributed by atoms with Gasteiger partial charge in [0, 0.05) is 22.9 Å². The molecule has 2 atom stereocenters. The molecule has 1 aliphatic rings. The molecule has 5 heteroatoms. The predicted molar refractivity (Wildman–Crippen MR) is 74.3 cm³/mol. The number of nitrogen functional groups attached to an aromatic ring is 2. The highest BCUT2D eigenvalue weighted by molar-refractivity contribution is 5.67. The Morgan fingerprint density at radius 3 is 2.53 bits per heavy atom. The zero-order chi connectivity index (χ0) is 13.4. The summed E-state index contributed by atoms with van der Waals surface area (Å²) in [7, 11) is 0. The van der Waals surface area contributed by atoms with E-state index in [1.807, 2.05) is 0 Å². The minimum Gasteiger partial charge on any atom is -0.399 e. The Labute approximate surface area is 112 Å². The van der Waals surface area contributed by atoms with Crippen molar-refractivity contribution in [1.29, 1.82) is 0 Å². The highest BCUT2D eigenvalue weighted by Crippen LogP contribution is 2.37. The summed E-state index contributed by atoms with van der Waals surface area (Å²) in [5.41, 5.74) is 13.5. The molecule has 1 fully saturated rings. The Bertz CT molecular complexity index is 573. The summed E-state index contributed by atoms with van der Waals surface area (Å²) in [6, 6.07) is 5.30. The Kier molecular flexibility index (Phi) is 2.89. The highest BCUT2D eigenvalue weighted by Gasteiger charge is 2.27. The van der Waals surface area contributed by atoms with Crippen LogP contribution in [0.25, 0.3) is 11.5 Å². The van der Waals surface area contributed by atoms with Crippen LogP contribution < -0.4 is 11.5 Å². The summed E-state index contributed by atoms with van der Waals surface area (Å²) in [4.78, 5) is 4.49. The van der Waals surface area contributed by atoms with Crippen LogP contribution in [0.3, 0.4) is 0 Å². The third kappa shape index (κ3) is 2.41. The maximum atomic E-state index is 5.77. The van der Waals surface area contributed by atoms with E-state index in [0.717, 1.165) is 30.1 Å². The summed E-state index contributed by atoms with van der Waals surface area (Å²) >= 11 is 0. The van der Waals surface area contributed by atoms with Gasteiger partial charge in [0.15, 0.2) is 5.82 Å². The number of benzene rings is 1. The van der Waals surface area contributed by atoms with Crippen LogP contribution in [0.1, 0.15) is 37.9 Å². The monoisotopic (exact) mass is 258 g/mol. The maximum absolute atomic E-state index is 5.77. The molecule has 2 aromatic rings. The number of nitrogens with two attached hydrogens (primary N) is 2. The SMILES string of the molecule is CC1CCC(c2noc(-c3cc(N)cc(N)c3)n2)C1. The van der Waals surface area contributed by atoms with Crippen LogP contribution in [-0.2, 0) is 0 Å². The van der Waals surface area contributed by atoms with Gasteiger partial charge in [0.1, 0.15) is 0 Å². The van der Waals surface area contributed by atoms with Crippen molar-refractivity contribution in [3.63, 3.8) is 0 Å². The summed E-state index contributed by atoms with van der Waals surface area (Å²) in [5, 5.41) is 4.10. The number of hydrogen-bond donors (Lipinski definition) is 2. The van der Waals surface area contributed by atoms with Gasteiger partial charge in [0.05, 0.1) is 0 Å². The van der Waals surface area contributed by atoms with Crippen molar-refractivity contribution in [2.24, 2.45) is 5.92 Å². The first-order valence-electron chi connectivity index (χ1n) is 6.62. The minimum atomic E-state index is 0.422. The molecule has 4 N–H and O–H groups in total. The fourth-order valence-electron chi connectivity index (χ4n) is 2.76. The fourth-order valence-corrected chi connectivity index (χ4v) is 2.76. The Balaban J connectivity index is 1.88. The van der Waals surface area contributed by atoms with E-state index < -0.39 is 0 Å². The highest BCUT2D eigenvalue weighted by atomic mass is 16.5. The molecule has 100 valence electrons. The minimum absolute atomic E-state index is 0.422. The van der Waals surface area contributed by atoms with Crippen LogP contribution in [0.4, 0.5) is 11.4 Å². The van der Waals surface area contributed by atoms with Crippen molar-refractivity contribution in [1.82, 2.24) is 10.1 Å². The number of hydrogen-bond acceptors (Lipinski definition) is 5. The molecular formula is C14H18N4O. The van der Waals surface area contributed by atoms with Crippen molar-refractivity contribution in [3.8, 4) is 11.5 Å². The molecule has 1 aromatic heterocycles. The summed E-state index contributed by atoms with van der Waals surface area (Å²) in [6.07, 6.45) is 3.51. The van der Waals surface area contributed by atoms with Crippen LogP contribution in [0.5, 0.6) is 0 Å². The van der Waals surface area contributed by atoms with Gasteiger partial charge < -0.3 is 16.0 Å². The van der Waals surface area contributed by atoms with Crippen LogP contribution in [0, 0.1) is 5.92 Å². The fraction of sp³-hybridized carbons (Fsp3) is 0.429. The van der Waals surface area contributed by atoms with Crippen LogP contribution >= 0.6 is 0 Å². The molecule has 0 aliphatic heterocycles. The molecule has 1 aliphatic carbocycles. The summed E-state index contributed by atoms with van der Waals surface area (Å²) in [6.45, 7) is 2.26. The lowest BCUT2D eigenvalue weighted by atomic mass is 10.1. The molecule has 0 radical (unpaired) electrons. The van der Waals surface area contributed by atoms with Crippen LogP contribution in [0.15, 0.2) is 22.7 Å². The molecule has 0 saturated heterocycles. The number of anilines is 2. The van der Waals surface area contributed by atoms with E-state index in [0.29, 0.717) is 23.2 Å². The molecule has 19 heavy (non-hydrogen) atoms. The first kappa shape index (κ1) is 12.0. The van der Waals surface area contributed by atoms with E-state index in [9.17, 15) is 0 Å². The average Bonchev–Trinajstić information content (AvgIpc) is 2.95. The van der Waals surface area contributed by atoms with Gasteiger partial charge in [-0.15, -0.1) is 0 Å². The Morgan fingerprint density at radius 1 is 1.16 bits per heavy atom. The zero-order valence-electron chi connectivity index (χ0n) is 11.0. The number of nitrogens with zero attached hydrogens (tertiary/aromatic N) is 2. The summed E-state index contributed by atoms with van der Waals surface area (Å²) in [5.74, 6) is 2.47. The number of rotatable bonds is 2. The molecule has 5 nitrogen and oxygen atoms in total. The van der Waals surface area contributed by atoms with E-state index in [1.54, 1.807) is 18.2 Å². The Morgan fingerprint density at radius 2 is 1.89 bits per heavy atom. The quantitative estimate of drug-likeness (QED) is 0.808. The van der Waals surface area contributed by atoms with E-state index in [2.05, 4.69) is 17.1 Å². The van der Waals surface area contributed by atoms with Gasteiger partial charge in [0.2, 0.25) is 0 Å². The predicted octanol–water partition coefficient (Wildman–Crippen LogP) is 2.80. The first-order chi connectivity index (χ1) is 9.11. The zero-order valence-corrected chi connectivity index (χ0v) is 11.0. The van der Waals surface area contributed by atoms with Crippen molar-refractivity contribution >= 4 is 11.4 Å². The lowest BCUT2D eigenvalue weighted by molar-refractivity contribution is 0.414. The smallest absolute Gasteiger partial charge is 0.258 e. The van der Waals surface area contributed by atoms with Gasteiger partial charge in [-0.25, -0.2) is 0 Å². The van der Waals surface area contributed by atoms with E-state index in [1.165, 1.54) is 6.42 Å². The molecule has 2 unspecified atom stereocenters. The largest absolute Gasteiger partial charge is 0.399 e. The lowest BCUT2D eigenvalue weighted by Gasteiger charge is -2.02. The van der Waals surface area contributed by atoms with Gasteiger partial charge in [-0.2, -0.15) is 4.98 Å². The van der Waals surface area contributed by atoms with Crippen LogP contribution in [-0.4, -0.2) is 10.1 Å². The molecule has 0 bridgehead atoms. The first-order valence-corrected chi connectivity index (χ1v) is 6.62. The normalized spacial score (nSPS) is 22.8. The topological polar surface area (TPSA) is 91.0 Å². The molecule has 0 spiro atoms. The van der Waals surface area contributed by atoms with Crippen molar-refractivity contribution in [2.45, 2.75) is 32.1 Å². The second-order valence-corrected chi connectivity index (χ2v) is 5.46. The lowest BCUT2D eigenvalue weighted by Crippen LogP contribution is -1.96. The van der Waals surface area contributed by atoms with Gasteiger partial charge in [0.25, 0.3) is 5.89 Å². The standard InChI is InChI=1S/C14H18N4O/c1-8-2-3-9(4-8)13-17-14(19-18-13)10-5-11(15)7-12(16)6-10/h5-9H,2-4,15-16H2,1H3. The molecule has 0 amide bonds. The Hall–Kier alpha value is -2.04. The average molecular weight is 258 g/mol. The third-order valence-corrected chi connectivity index (χ3v) is 3.73. The van der Waals surface area contributed by atoms with Crippen molar-refractivity contribution < 1.29 is 4.52 Å². The molecule has 3 rings (SSSR count). The van der Waals surface area contributed by atoms with Crippen molar-refractivity contribution in [3.05, 3.63) is 24.0 Å². The van der Waals surface area contributed by atoms with E-state index >= 15 is 0 Å². The van der Waals surface area contributed by atoms with Gasteiger partial charge in [-0.3, -0.25) is 0 Å². The molecule has 1 aromatic carbocycles. The van der Waals surface area contributed by atoms with Crippen molar-refractivity contribution in [2.75, 3.05) is 11.5 Å². The van der Waals surface area contributed by atoms with E-state index in [4.69, 9.17) is 16.0 Å². The summed E-state index contributed by atoms with van der Waals surface area (Å²) < 4.78 is 5.34. The third-order valence-electron chi connectivity index (χ3n) is 3.73. The second-order valence-electron chi connectivity index (χ2n) is 5.46. The van der Waals surface area contributed by atoms with Crippen LogP contribution in [0.2, 0.25) is 0 Å². The second kappa shape index (κ2) is 4.57. The number of aromatic nitrogens is 2.